The SMILES string of the molecule is CCN(CC)S(=O)(=O)c1cc(NC(=O)CC2CCCN2)ccc1Cl. The van der Waals surface area contributed by atoms with Crippen LogP contribution in [0.3, 0.4) is 0 Å². The van der Waals surface area contributed by atoms with E-state index in [0.29, 0.717) is 25.2 Å². The highest BCUT2D eigenvalue weighted by molar-refractivity contribution is 7.89. The summed E-state index contributed by atoms with van der Waals surface area (Å²) in [5, 5.41) is 6.18. The highest BCUT2D eigenvalue weighted by atomic mass is 35.5. The molecular weight excluding hydrogens is 350 g/mol. The van der Waals surface area contributed by atoms with Gasteiger partial charge in [0.1, 0.15) is 4.90 Å². The van der Waals surface area contributed by atoms with Crippen molar-refractivity contribution >= 4 is 33.2 Å². The van der Waals surface area contributed by atoms with E-state index in [2.05, 4.69) is 10.6 Å². The van der Waals surface area contributed by atoms with Gasteiger partial charge in [-0.3, -0.25) is 4.79 Å². The maximum atomic E-state index is 12.7. The molecule has 0 aromatic heterocycles. The summed E-state index contributed by atoms with van der Waals surface area (Å²) in [7, 11) is -3.67. The molecule has 8 heteroatoms. The zero-order valence-corrected chi connectivity index (χ0v) is 15.6. The molecule has 1 aliphatic rings. The molecule has 1 heterocycles. The summed E-state index contributed by atoms with van der Waals surface area (Å²) in [6.45, 7) is 5.20. The van der Waals surface area contributed by atoms with E-state index in [1.165, 1.54) is 16.4 Å². The molecule has 0 bridgehead atoms. The Bertz CT molecular complexity index is 684. The van der Waals surface area contributed by atoms with E-state index in [1.807, 2.05) is 0 Å². The minimum atomic E-state index is -3.67. The van der Waals surface area contributed by atoms with Crippen molar-refractivity contribution in [3.05, 3.63) is 23.2 Å². The first-order chi connectivity index (χ1) is 11.4. The molecule has 1 aliphatic heterocycles. The van der Waals surface area contributed by atoms with Crippen LogP contribution in [-0.4, -0.2) is 44.3 Å². The summed E-state index contributed by atoms with van der Waals surface area (Å²) >= 11 is 6.08. The molecule has 1 atom stereocenters. The highest BCUT2D eigenvalue weighted by Gasteiger charge is 2.25. The van der Waals surface area contributed by atoms with E-state index in [0.717, 1.165) is 19.4 Å². The largest absolute Gasteiger partial charge is 0.326 e. The normalized spacial score (nSPS) is 18.1. The van der Waals surface area contributed by atoms with Crippen LogP contribution in [0.5, 0.6) is 0 Å². The summed E-state index contributed by atoms with van der Waals surface area (Å²) in [5.74, 6) is -0.136. The van der Waals surface area contributed by atoms with Gasteiger partial charge in [-0.05, 0) is 37.6 Å². The number of nitrogens with one attached hydrogen (secondary N) is 2. The van der Waals surface area contributed by atoms with Gasteiger partial charge in [0, 0.05) is 31.2 Å². The molecule has 2 N–H and O–H groups in total. The van der Waals surface area contributed by atoms with Crippen LogP contribution in [-0.2, 0) is 14.8 Å². The van der Waals surface area contributed by atoms with Crippen LogP contribution in [0.1, 0.15) is 33.1 Å². The maximum absolute atomic E-state index is 12.7. The second-order valence-electron chi connectivity index (χ2n) is 5.78. The molecular formula is C16H24ClN3O3S. The van der Waals surface area contributed by atoms with Gasteiger partial charge in [0.2, 0.25) is 15.9 Å². The van der Waals surface area contributed by atoms with E-state index in [1.54, 1.807) is 19.9 Å². The first-order valence-corrected chi connectivity index (χ1v) is 10.0. The Labute approximate surface area is 148 Å². The number of benzene rings is 1. The lowest BCUT2D eigenvalue weighted by Crippen LogP contribution is -2.31. The van der Waals surface area contributed by atoms with Gasteiger partial charge in [-0.2, -0.15) is 4.31 Å². The maximum Gasteiger partial charge on any atom is 0.244 e. The molecule has 2 rings (SSSR count). The van der Waals surface area contributed by atoms with Crippen LogP contribution in [0.4, 0.5) is 5.69 Å². The monoisotopic (exact) mass is 373 g/mol. The number of hydrogen-bond acceptors (Lipinski definition) is 4. The van der Waals surface area contributed by atoms with Crippen molar-refractivity contribution in [2.45, 2.75) is 44.0 Å². The Morgan fingerprint density at radius 3 is 2.67 bits per heavy atom. The molecule has 1 unspecified atom stereocenters. The predicted molar refractivity (Wildman–Crippen MR) is 95.8 cm³/mol. The average molecular weight is 374 g/mol. The van der Waals surface area contributed by atoms with E-state index in [-0.39, 0.29) is 21.9 Å². The van der Waals surface area contributed by atoms with Gasteiger partial charge in [-0.15, -0.1) is 0 Å². The molecule has 1 amide bonds. The van der Waals surface area contributed by atoms with Crippen molar-refractivity contribution in [1.82, 2.24) is 9.62 Å². The Morgan fingerprint density at radius 1 is 1.38 bits per heavy atom. The Kier molecular flexibility index (Phi) is 6.62. The number of carbonyl (C=O) groups excluding carboxylic acids is 1. The fourth-order valence-corrected chi connectivity index (χ4v) is 4.81. The molecule has 24 heavy (non-hydrogen) atoms. The van der Waals surface area contributed by atoms with E-state index < -0.39 is 10.0 Å². The van der Waals surface area contributed by atoms with Crippen LogP contribution in [0.15, 0.2) is 23.1 Å². The van der Waals surface area contributed by atoms with Crippen LogP contribution in [0.25, 0.3) is 0 Å². The first-order valence-electron chi connectivity index (χ1n) is 8.21. The van der Waals surface area contributed by atoms with Gasteiger partial charge in [0.25, 0.3) is 0 Å². The number of amides is 1. The Balaban J connectivity index is 2.17. The molecule has 1 saturated heterocycles. The standard InChI is InChI=1S/C16H24ClN3O3S/c1-3-20(4-2)24(22,23)15-10-13(7-8-14(15)17)19-16(21)11-12-6-5-9-18-12/h7-8,10,12,18H,3-6,9,11H2,1-2H3,(H,19,21). The zero-order valence-electron chi connectivity index (χ0n) is 14.0. The second kappa shape index (κ2) is 8.29. The van der Waals surface area contributed by atoms with Gasteiger partial charge in [0.15, 0.2) is 0 Å². The smallest absolute Gasteiger partial charge is 0.244 e. The lowest BCUT2D eigenvalue weighted by molar-refractivity contribution is -0.116. The molecule has 0 aliphatic carbocycles. The minimum absolute atomic E-state index is 0.0182. The highest BCUT2D eigenvalue weighted by Crippen LogP contribution is 2.28. The molecule has 0 spiro atoms. The summed E-state index contributed by atoms with van der Waals surface area (Å²) in [4.78, 5) is 12.1. The lowest BCUT2D eigenvalue weighted by atomic mass is 10.1. The number of carbonyl (C=O) groups is 1. The minimum Gasteiger partial charge on any atom is -0.326 e. The topological polar surface area (TPSA) is 78.5 Å². The van der Waals surface area contributed by atoms with Crippen molar-refractivity contribution in [2.24, 2.45) is 0 Å². The van der Waals surface area contributed by atoms with Gasteiger partial charge < -0.3 is 10.6 Å². The summed E-state index contributed by atoms with van der Waals surface area (Å²) < 4.78 is 26.6. The van der Waals surface area contributed by atoms with Crippen LogP contribution in [0, 0.1) is 0 Å². The van der Waals surface area contributed by atoms with Crippen molar-refractivity contribution in [3.63, 3.8) is 0 Å². The number of rotatable bonds is 7. The second-order valence-corrected chi connectivity index (χ2v) is 8.09. The predicted octanol–water partition coefficient (Wildman–Crippen LogP) is 2.45. The molecule has 1 fully saturated rings. The summed E-state index contributed by atoms with van der Waals surface area (Å²) in [6.07, 6.45) is 2.43. The van der Waals surface area contributed by atoms with E-state index >= 15 is 0 Å². The molecule has 0 radical (unpaired) electrons. The first kappa shape index (κ1) is 19.2. The van der Waals surface area contributed by atoms with Crippen molar-refractivity contribution in [2.75, 3.05) is 25.0 Å². The van der Waals surface area contributed by atoms with Crippen molar-refractivity contribution < 1.29 is 13.2 Å². The summed E-state index contributed by atoms with van der Waals surface area (Å²) in [6, 6.07) is 4.73. The fraction of sp³-hybridized carbons (Fsp3) is 0.562. The number of hydrogen-bond donors (Lipinski definition) is 2. The summed E-state index contributed by atoms with van der Waals surface area (Å²) in [5.41, 5.74) is 0.438. The Morgan fingerprint density at radius 2 is 2.08 bits per heavy atom. The average Bonchev–Trinajstić information content (AvgIpc) is 3.02. The van der Waals surface area contributed by atoms with Gasteiger partial charge in [-0.25, -0.2) is 8.42 Å². The fourth-order valence-electron chi connectivity index (χ4n) is 2.85. The number of anilines is 1. The van der Waals surface area contributed by atoms with Crippen molar-refractivity contribution in [1.29, 1.82) is 0 Å². The van der Waals surface area contributed by atoms with Gasteiger partial charge in [-0.1, -0.05) is 25.4 Å². The number of nitrogens with zero attached hydrogens (tertiary/aromatic N) is 1. The van der Waals surface area contributed by atoms with Crippen LogP contribution in [0.2, 0.25) is 5.02 Å². The molecule has 6 nitrogen and oxygen atoms in total. The van der Waals surface area contributed by atoms with Crippen molar-refractivity contribution in [3.8, 4) is 0 Å². The van der Waals surface area contributed by atoms with Gasteiger partial charge in [0.05, 0.1) is 5.02 Å². The Hall–Kier alpha value is -1.15. The lowest BCUT2D eigenvalue weighted by Gasteiger charge is -2.20. The third-order valence-corrected chi connectivity index (χ3v) is 6.66. The molecule has 0 saturated carbocycles. The van der Waals surface area contributed by atoms with E-state index in [4.69, 9.17) is 11.6 Å². The quantitative estimate of drug-likeness (QED) is 0.769. The molecule has 1 aromatic rings. The van der Waals surface area contributed by atoms with Crippen LogP contribution >= 0.6 is 11.6 Å². The molecule has 134 valence electrons. The van der Waals surface area contributed by atoms with E-state index in [9.17, 15) is 13.2 Å². The number of sulfonamides is 1. The molecule has 1 aromatic carbocycles. The third kappa shape index (κ3) is 4.47. The van der Waals surface area contributed by atoms with Gasteiger partial charge >= 0.3 is 0 Å². The van der Waals surface area contributed by atoms with Crippen LogP contribution < -0.4 is 10.6 Å². The third-order valence-electron chi connectivity index (χ3n) is 4.13. The zero-order chi connectivity index (χ0) is 17.7. The number of halogens is 1.